The van der Waals surface area contributed by atoms with E-state index in [0.29, 0.717) is 0 Å². The van der Waals surface area contributed by atoms with Crippen LogP contribution < -0.4 is 5.32 Å². The molecule has 15 heavy (non-hydrogen) atoms. The van der Waals surface area contributed by atoms with Crippen LogP contribution in [0.15, 0.2) is 18.6 Å². The molecule has 0 saturated carbocycles. The quantitative estimate of drug-likeness (QED) is 0.751. The van der Waals surface area contributed by atoms with Gasteiger partial charge in [0.25, 0.3) is 0 Å². The highest BCUT2D eigenvalue weighted by atomic mass is 15.3. The zero-order valence-corrected chi connectivity index (χ0v) is 8.81. The van der Waals surface area contributed by atoms with Crippen LogP contribution in [0.1, 0.15) is 24.5 Å². The lowest BCUT2D eigenvalue weighted by Crippen LogP contribution is -2.23. The summed E-state index contributed by atoms with van der Waals surface area (Å²) in [7, 11) is 1.90. The molecular weight excluding hydrogens is 192 g/mol. The van der Waals surface area contributed by atoms with Gasteiger partial charge in [0.15, 0.2) is 0 Å². The van der Waals surface area contributed by atoms with E-state index in [-0.39, 0.29) is 6.04 Å². The van der Waals surface area contributed by atoms with Crippen molar-refractivity contribution in [3.8, 4) is 0 Å². The Bertz CT molecular complexity index is 404. The van der Waals surface area contributed by atoms with E-state index in [1.165, 1.54) is 6.33 Å². The Labute approximate surface area is 87.7 Å². The molecule has 2 aromatic rings. The summed E-state index contributed by atoms with van der Waals surface area (Å²) < 4.78 is 1.77. The van der Waals surface area contributed by atoms with Crippen molar-refractivity contribution in [2.24, 2.45) is 7.05 Å². The number of nitrogens with zero attached hydrogens (tertiary/aromatic N) is 4. The minimum atomic E-state index is -0.0151. The normalized spacial score (nSPS) is 12.9. The summed E-state index contributed by atoms with van der Waals surface area (Å²) in [5.41, 5.74) is 0.941. The first-order valence-electron chi connectivity index (χ1n) is 4.89. The summed E-state index contributed by atoms with van der Waals surface area (Å²) in [5, 5.41) is 14.4. The van der Waals surface area contributed by atoms with E-state index in [2.05, 4.69) is 25.6 Å². The summed E-state index contributed by atoms with van der Waals surface area (Å²) in [5.74, 6) is 0.788. The summed E-state index contributed by atoms with van der Waals surface area (Å²) >= 11 is 0. The second-order valence-electron chi connectivity index (χ2n) is 3.28. The Morgan fingerprint density at radius 2 is 2.47 bits per heavy atom. The topological polar surface area (TPSA) is 71.4 Å². The fraction of sp³-hybridized carbons (Fsp3) is 0.444. The first-order valence-corrected chi connectivity index (χ1v) is 4.89. The number of hydrogen-bond donors (Lipinski definition) is 2. The van der Waals surface area contributed by atoms with Crippen molar-refractivity contribution in [3.63, 3.8) is 0 Å². The molecule has 6 nitrogen and oxygen atoms in total. The zero-order valence-electron chi connectivity index (χ0n) is 8.81. The number of rotatable bonds is 4. The maximum absolute atomic E-state index is 4.35. The molecule has 0 bridgehead atoms. The van der Waals surface area contributed by atoms with Crippen molar-refractivity contribution in [1.29, 1.82) is 0 Å². The molecule has 0 aliphatic carbocycles. The highest BCUT2D eigenvalue weighted by Crippen LogP contribution is 2.15. The van der Waals surface area contributed by atoms with Crippen LogP contribution in [0.4, 0.5) is 0 Å². The first-order chi connectivity index (χ1) is 7.31. The summed E-state index contributed by atoms with van der Waals surface area (Å²) in [6.45, 7) is 2.90. The third-order valence-electron chi connectivity index (χ3n) is 2.15. The van der Waals surface area contributed by atoms with Gasteiger partial charge in [-0.3, -0.25) is 9.78 Å². The summed E-state index contributed by atoms with van der Waals surface area (Å²) in [4.78, 5) is 4.14. The van der Waals surface area contributed by atoms with E-state index < -0.39 is 0 Å². The van der Waals surface area contributed by atoms with E-state index >= 15 is 0 Å². The molecular formula is C9H14N6. The van der Waals surface area contributed by atoms with E-state index in [1.54, 1.807) is 4.68 Å². The van der Waals surface area contributed by atoms with Crippen LogP contribution in [-0.4, -0.2) is 31.5 Å². The van der Waals surface area contributed by atoms with E-state index in [1.807, 2.05) is 26.2 Å². The van der Waals surface area contributed by atoms with Crippen LogP contribution in [0.3, 0.4) is 0 Å². The van der Waals surface area contributed by atoms with Crippen LogP contribution in [0.5, 0.6) is 0 Å². The van der Waals surface area contributed by atoms with Gasteiger partial charge in [-0.2, -0.15) is 10.2 Å². The van der Waals surface area contributed by atoms with Crippen LogP contribution in [-0.2, 0) is 7.05 Å². The van der Waals surface area contributed by atoms with Gasteiger partial charge in [-0.1, -0.05) is 6.92 Å². The van der Waals surface area contributed by atoms with Crippen molar-refractivity contribution in [3.05, 3.63) is 30.1 Å². The molecule has 0 saturated heterocycles. The van der Waals surface area contributed by atoms with E-state index in [4.69, 9.17) is 0 Å². The molecule has 80 valence electrons. The third-order valence-corrected chi connectivity index (χ3v) is 2.15. The Morgan fingerprint density at radius 1 is 1.60 bits per heavy atom. The predicted molar refractivity (Wildman–Crippen MR) is 55.1 cm³/mol. The minimum Gasteiger partial charge on any atom is -0.303 e. The van der Waals surface area contributed by atoms with Crippen molar-refractivity contribution in [2.75, 3.05) is 6.54 Å². The van der Waals surface area contributed by atoms with Crippen LogP contribution in [0.2, 0.25) is 0 Å². The van der Waals surface area contributed by atoms with Gasteiger partial charge in [-0.05, 0) is 12.6 Å². The smallest absolute Gasteiger partial charge is 0.147 e. The highest BCUT2D eigenvalue weighted by molar-refractivity contribution is 5.14. The maximum Gasteiger partial charge on any atom is 0.147 e. The largest absolute Gasteiger partial charge is 0.303 e. The number of aryl methyl sites for hydroxylation is 1. The molecule has 2 N–H and O–H groups in total. The van der Waals surface area contributed by atoms with Gasteiger partial charge < -0.3 is 5.32 Å². The van der Waals surface area contributed by atoms with Gasteiger partial charge in [0.05, 0.1) is 5.69 Å². The molecule has 2 rings (SSSR count). The van der Waals surface area contributed by atoms with Gasteiger partial charge in [0, 0.05) is 13.2 Å². The Hall–Kier alpha value is -1.69. The van der Waals surface area contributed by atoms with E-state index in [9.17, 15) is 0 Å². The van der Waals surface area contributed by atoms with Gasteiger partial charge in [-0.15, -0.1) is 0 Å². The molecule has 0 amide bonds. The van der Waals surface area contributed by atoms with Crippen LogP contribution in [0.25, 0.3) is 0 Å². The molecule has 1 unspecified atom stereocenters. The van der Waals surface area contributed by atoms with Gasteiger partial charge in [-0.25, -0.2) is 4.98 Å². The molecule has 0 aromatic carbocycles. The molecule has 1 atom stereocenters. The maximum atomic E-state index is 4.35. The zero-order chi connectivity index (χ0) is 10.7. The summed E-state index contributed by atoms with van der Waals surface area (Å²) in [6, 6.07) is 1.95. The highest BCUT2D eigenvalue weighted by Gasteiger charge is 2.17. The Morgan fingerprint density at radius 3 is 3.00 bits per heavy atom. The van der Waals surface area contributed by atoms with Crippen molar-refractivity contribution in [1.82, 2.24) is 30.3 Å². The second-order valence-corrected chi connectivity index (χ2v) is 3.28. The molecule has 0 aliphatic rings. The lowest BCUT2D eigenvalue weighted by Gasteiger charge is -2.11. The van der Waals surface area contributed by atoms with Crippen LogP contribution >= 0.6 is 0 Å². The average Bonchev–Trinajstić information content (AvgIpc) is 2.85. The number of nitrogens with one attached hydrogen (secondary N) is 2. The predicted octanol–water partition coefficient (Wildman–Crippen LogP) is 0.237. The number of aromatic nitrogens is 5. The molecule has 2 heterocycles. The molecule has 0 aliphatic heterocycles. The Balaban J connectivity index is 2.27. The van der Waals surface area contributed by atoms with Crippen molar-refractivity contribution < 1.29 is 0 Å². The summed E-state index contributed by atoms with van der Waals surface area (Å²) in [6.07, 6.45) is 3.42. The van der Waals surface area contributed by atoms with E-state index in [0.717, 1.165) is 18.1 Å². The number of H-pyrrole nitrogens is 1. The first kappa shape index (κ1) is 9.85. The molecule has 6 heteroatoms. The molecule has 0 spiro atoms. The SMILES string of the molecule is CCNC(c1ccn(C)n1)c1ncn[nH]1. The number of aromatic amines is 1. The lowest BCUT2D eigenvalue weighted by molar-refractivity contribution is 0.574. The van der Waals surface area contributed by atoms with Crippen molar-refractivity contribution >= 4 is 0 Å². The fourth-order valence-corrected chi connectivity index (χ4v) is 1.49. The third kappa shape index (κ3) is 2.04. The van der Waals surface area contributed by atoms with Gasteiger partial charge >= 0.3 is 0 Å². The lowest BCUT2D eigenvalue weighted by atomic mass is 10.2. The minimum absolute atomic E-state index is 0.0151. The number of hydrogen-bond acceptors (Lipinski definition) is 4. The standard InChI is InChI=1S/C9H14N6/c1-3-10-8(9-11-6-12-13-9)7-4-5-15(2)14-7/h4-6,8,10H,3H2,1-2H3,(H,11,12,13). The van der Waals surface area contributed by atoms with Crippen molar-refractivity contribution in [2.45, 2.75) is 13.0 Å². The fourth-order valence-electron chi connectivity index (χ4n) is 1.49. The molecule has 2 aromatic heterocycles. The van der Waals surface area contributed by atoms with Gasteiger partial charge in [0.1, 0.15) is 18.2 Å². The van der Waals surface area contributed by atoms with Crippen LogP contribution in [0, 0.1) is 0 Å². The molecule has 0 radical (unpaired) electrons. The second kappa shape index (κ2) is 4.22. The van der Waals surface area contributed by atoms with Gasteiger partial charge in [0.2, 0.25) is 0 Å². The Kier molecular flexibility index (Phi) is 2.77. The monoisotopic (exact) mass is 206 g/mol. The average molecular weight is 206 g/mol. The molecule has 0 fully saturated rings.